The van der Waals surface area contributed by atoms with Gasteiger partial charge in [0.1, 0.15) is 0 Å². The number of likely N-dealkylation sites (tertiary alicyclic amines) is 1. The summed E-state index contributed by atoms with van der Waals surface area (Å²) in [4.78, 5) is 2.40. The molecule has 0 bridgehead atoms. The number of allylic oxidation sites excluding steroid dienone is 4. The lowest BCUT2D eigenvalue weighted by Crippen LogP contribution is -2.34. The van der Waals surface area contributed by atoms with Crippen LogP contribution in [0.3, 0.4) is 0 Å². The first-order valence-corrected chi connectivity index (χ1v) is 4.91. The van der Waals surface area contributed by atoms with Crippen molar-refractivity contribution >= 4 is 0 Å². The van der Waals surface area contributed by atoms with Crippen LogP contribution in [0.5, 0.6) is 0 Å². The summed E-state index contributed by atoms with van der Waals surface area (Å²) >= 11 is 0. The van der Waals surface area contributed by atoms with Crippen molar-refractivity contribution in [1.29, 1.82) is 0 Å². The summed E-state index contributed by atoms with van der Waals surface area (Å²) in [5.41, 5.74) is 1.53. The van der Waals surface area contributed by atoms with Crippen molar-refractivity contribution in [3.63, 3.8) is 0 Å². The van der Waals surface area contributed by atoms with Gasteiger partial charge in [0.25, 0.3) is 0 Å². The van der Waals surface area contributed by atoms with Gasteiger partial charge in [0.2, 0.25) is 0 Å². The van der Waals surface area contributed by atoms with Crippen LogP contribution < -0.4 is 0 Å². The molecule has 0 saturated carbocycles. The van der Waals surface area contributed by atoms with Crippen LogP contribution in [0.15, 0.2) is 36.5 Å². The van der Waals surface area contributed by atoms with Gasteiger partial charge in [-0.15, -0.1) is 0 Å². The number of hydrogen-bond acceptors (Lipinski definition) is 1. The summed E-state index contributed by atoms with van der Waals surface area (Å²) in [5.74, 6) is 0. The van der Waals surface area contributed by atoms with Gasteiger partial charge in [0, 0.05) is 12.6 Å². The molecule has 1 rings (SSSR count). The molecule has 1 atom stereocenters. The Balaban J connectivity index is 2.49. The molecule has 0 aromatic carbocycles. The lowest BCUT2D eigenvalue weighted by atomic mass is 9.99. The van der Waals surface area contributed by atoms with Crippen LogP contribution in [0.1, 0.15) is 19.8 Å². The predicted octanol–water partition coefficient (Wildman–Crippen LogP) is 2.77. The Morgan fingerprint density at radius 1 is 1.46 bits per heavy atom. The lowest BCUT2D eigenvalue weighted by molar-refractivity contribution is 0.236. The zero-order valence-electron chi connectivity index (χ0n) is 8.66. The van der Waals surface area contributed by atoms with E-state index in [2.05, 4.69) is 37.6 Å². The van der Waals surface area contributed by atoms with E-state index in [0.717, 1.165) is 12.6 Å². The van der Waals surface area contributed by atoms with E-state index in [0.29, 0.717) is 0 Å². The number of piperidine rings is 1. The molecule has 72 valence electrons. The first-order chi connectivity index (χ1) is 6.24. The van der Waals surface area contributed by atoms with Crippen molar-refractivity contribution in [2.45, 2.75) is 25.8 Å². The maximum Gasteiger partial charge on any atom is 0.0195 e. The normalized spacial score (nSPS) is 28.5. The number of hydrogen-bond donors (Lipinski definition) is 0. The second-order valence-corrected chi connectivity index (χ2v) is 3.75. The molecule has 0 aromatic rings. The zero-order chi connectivity index (χ0) is 9.68. The van der Waals surface area contributed by atoms with Crippen LogP contribution in [0.25, 0.3) is 0 Å². The smallest absolute Gasteiger partial charge is 0.0195 e. The largest absolute Gasteiger partial charge is 0.300 e. The molecule has 1 fully saturated rings. The van der Waals surface area contributed by atoms with Crippen molar-refractivity contribution < 1.29 is 0 Å². The van der Waals surface area contributed by atoms with Crippen LogP contribution in [0, 0.1) is 0 Å². The van der Waals surface area contributed by atoms with Crippen LogP contribution in [0.2, 0.25) is 0 Å². The number of nitrogens with zero attached hydrogens (tertiary/aromatic N) is 1. The summed E-state index contributed by atoms with van der Waals surface area (Å²) in [6.07, 6.45) is 10.6. The molecule has 0 spiro atoms. The minimum atomic E-state index is 0.737. The van der Waals surface area contributed by atoms with E-state index in [4.69, 9.17) is 0 Å². The molecule has 1 unspecified atom stereocenters. The maximum absolute atomic E-state index is 3.64. The minimum Gasteiger partial charge on any atom is -0.300 e. The SMILES string of the molecule is C=C/C=C\C=C1/CCC(C)N(C)C1. The van der Waals surface area contributed by atoms with Gasteiger partial charge in [-0.05, 0) is 26.8 Å². The van der Waals surface area contributed by atoms with Crippen LogP contribution in [-0.4, -0.2) is 24.5 Å². The highest BCUT2D eigenvalue weighted by Gasteiger charge is 2.16. The Kier molecular flexibility index (Phi) is 3.97. The Labute approximate surface area is 81.4 Å². The fourth-order valence-electron chi connectivity index (χ4n) is 1.58. The van der Waals surface area contributed by atoms with Gasteiger partial charge >= 0.3 is 0 Å². The standard InChI is InChI=1S/C12H19N/c1-4-5-6-7-12-9-8-11(2)13(3)10-12/h4-7,11H,1,8-10H2,2-3H3/b6-5-,12-7+. The summed E-state index contributed by atoms with van der Waals surface area (Å²) in [5, 5.41) is 0. The molecule has 0 radical (unpaired) electrons. The van der Waals surface area contributed by atoms with Gasteiger partial charge in [0.05, 0.1) is 0 Å². The fraction of sp³-hybridized carbons (Fsp3) is 0.500. The summed E-state index contributed by atoms with van der Waals surface area (Å²) in [6.45, 7) is 7.05. The molecule has 13 heavy (non-hydrogen) atoms. The first-order valence-electron chi connectivity index (χ1n) is 4.91. The van der Waals surface area contributed by atoms with E-state index in [1.54, 1.807) is 0 Å². The van der Waals surface area contributed by atoms with Gasteiger partial charge in [0.15, 0.2) is 0 Å². The van der Waals surface area contributed by atoms with E-state index in [1.165, 1.54) is 18.4 Å². The molecule has 0 aromatic heterocycles. The number of likely N-dealkylation sites (N-methyl/N-ethyl adjacent to an activating group) is 1. The molecule has 1 heterocycles. The highest BCUT2D eigenvalue weighted by atomic mass is 15.1. The third kappa shape index (κ3) is 3.19. The summed E-state index contributed by atoms with van der Waals surface area (Å²) < 4.78 is 0. The van der Waals surface area contributed by atoms with Crippen molar-refractivity contribution in [3.8, 4) is 0 Å². The highest BCUT2D eigenvalue weighted by Crippen LogP contribution is 2.19. The van der Waals surface area contributed by atoms with E-state index in [9.17, 15) is 0 Å². The van der Waals surface area contributed by atoms with E-state index in [1.807, 2.05) is 12.2 Å². The molecule has 1 aliphatic rings. The van der Waals surface area contributed by atoms with Crippen molar-refractivity contribution in [2.75, 3.05) is 13.6 Å². The second kappa shape index (κ2) is 5.03. The Morgan fingerprint density at radius 2 is 2.23 bits per heavy atom. The van der Waals surface area contributed by atoms with Crippen LogP contribution >= 0.6 is 0 Å². The molecule has 1 heteroatoms. The van der Waals surface area contributed by atoms with Crippen molar-refractivity contribution in [3.05, 3.63) is 36.5 Å². The average molecular weight is 177 g/mol. The molecule has 0 N–H and O–H groups in total. The molecular weight excluding hydrogens is 158 g/mol. The quantitative estimate of drug-likeness (QED) is 0.586. The fourth-order valence-corrected chi connectivity index (χ4v) is 1.58. The van der Waals surface area contributed by atoms with Gasteiger partial charge in [-0.2, -0.15) is 0 Å². The molecule has 0 aliphatic carbocycles. The molecular formula is C12H19N. The van der Waals surface area contributed by atoms with E-state index >= 15 is 0 Å². The Morgan fingerprint density at radius 3 is 2.85 bits per heavy atom. The minimum absolute atomic E-state index is 0.737. The zero-order valence-corrected chi connectivity index (χ0v) is 8.66. The lowest BCUT2D eigenvalue weighted by Gasteiger charge is -2.31. The monoisotopic (exact) mass is 177 g/mol. The summed E-state index contributed by atoms with van der Waals surface area (Å²) in [6, 6.07) is 0.737. The predicted molar refractivity (Wildman–Crippen MR) is 58.7 cm³/mol. The van der Waals surface area contributed by atoms with Crippen LogP contribution in [-0.2, 0) is 0 Å². The Hall–Kier alpha value is -0.820. The third-order valence-corrected chi connectivity index (χ3v) is 2.67. The molecule has 1 aliphatic heterocycles. The topological polar surface area (TPSA) is 3.24 Å². The summed E-state index contributed by atoms with van der Waals surface area (Å²) in [7, 11) is 2.19. The van der Waals surface area contributed by atoms with Crippen molar-refractivity contribution in [2.24, 2.45) is 0 Å². The molecule has 1 nitrogen and oxygen atoms in total. The van der Waals surface area contributed by atoms with Crippen LogP contribution in [0.4, 0.5) is 0 Å². The van der Waals surface area contributed by atoms with Gasteiger partial charge < -0.3 is 0 Å². The first kappa shape index (κ1) is 10.3. The van der Waals surface area contributed by atoms with Crippen molar-refractivity contribution in [1.82, 2.24) is 4.90 Å². The van der Waals surface area contributed by atoms with E-state index < -0.39 is 0 Å². The average Bonchev–Trinajstić information content (AvgIpc) is 2.12. The van der Waals surface area contributed by atoms with Gasteiger partial charge in [-0.1, -0.05) is 36.5 Å². The third-order valence-electron chi connectivity index (χ3n) is 2.67. The second-order valence-electron chi connectivity index (χ2n) is 3.75. The number of rotatable bonds is 2. The Bertz CT molecular complexity index is 225. The maximum atomic E-state index is 3.64. The highest BCUT2D eigenvalue weighted by molar-refractivity contribution is 5.18. The van der Waals surface area contributed by atoms with Gasteiger partial charge in [-0.3, -0.25) is 4.90 Å². The van der Waals surface area contributed by atoms with E-state index in [-0.39, 0.29) is 0 Å². The molecule has 0 amide bonds. The van der Waals surface area contributed by atoms with Gasteiger partial charge in [-0.25, -0.2) is 0 Å². The molecule has 1 saturated heterocycles.